The predicted octanol–water partition coefficient (Wildman–Crippen LogP) is 1.72. The van der Waals surface area contributed by atoms with E-state index in [2.05, 4.69) is 6.58 Å². The molecule has 0 amide bonds. The molecular formula is C13H15NO4S. The zero-order chi connectivity index (χ0) is 14.0. The third-order valence-corrected chi connectivity index (χ3v) is 4.87. The number of hydrogen-bond donors (Lipinski definition) is 1. The van der Waals surface area contributed by atoms with Crippen LogP contribution in [-0.4, -0.2) is 36.4 Å². The van der Waals surface area contributed by atoms with Gasteiger partial charge in [-0.05, 0) is 31.0 Å². The van der Waals surface area contributed by atoms with Crippen LogP contribution in [0.1, 0.15) is 23.2 Å². The highest BCUT2D eigenvalue weighted by atomic mass is 32.2. The second-order valence-electron chi connectivity index (χ2n) is 4.43. The van der Waals surface area contributed by atoms with E-state index in [0.29, 0.717) is 0 Å². The van der Waals surface area contributed by atoms with Crippen molar-refractivity contribution in [2.45, 2.75) is 23.8 Å². The molecule has 0 aliphatic heterocycles. The lowest BCUT2D eigenvalue weighted by Gasteiger charge is -2.20. The van der Waals surface area contributed by atoms with Crippen LogP contribution in [0.25, 0.3) is 0 Å². The molecule has 6 heteroatoms. The molecule has 2 rings (SSSR count). The lowest BCUT2D eigenvalue weighted by Crippen LogP contribution is -2.33. The van der Waals surface area contributed by atoms with Gasteiger partial charge in [-0.3, -0.25) is 0 Å². The highest BCUT2D eigenvalue weighted by Gasteiger charge is 2.37. The molecule has 0 bridgehead atoms. The van der Waals surface area contributed by atoms with Crippen molar-refractivity contribution in [1.82, 2.24) is 4.31 Å². The lowest BCUT2D eigenvalue weighted by atomic mass is 10.2. The average Bonchev–Trinajstić information content (AvgIpc) is 3.20. The number of rotatable bonds is 6. The fourth-order valence-corrected chi connectivity index (χ4v) is 3.56. The molecule has 19 heavy (non-hydrogen) atoms. The van der Waals surface area contributed by atoms with Gasteiger partial charge in [0.1, 0.15) is 0 Å². The van der Waals surface area contributed by atoms with Crippen LogP contribution >= 0.6 is 0 Å². The summed E-state index contributed by atoms with van der Waals surface area (Å²) in [5, 5.41) is 8.91. The quantitative estimate of drug-likeness (QED) is 0.806. The fraction of sp³-hybridized carbons (Fsp3) is 0.308. The largest absolute Gasteiger partial charge is 0.478 e. The summed E-state index contributed by atoms with van der Waals surface area (Å²) in [6.07, 6.45) is 3.22. The smallest absolute Gasteiger partial charge is 0.335 e. The first-order valence-corrected chi connectivity index (χ1v) is 7.37. The number of hydrogen-bond acceptors (Lipinski definition) is 3. The van der Waals surface area contributed by atoms with E-state index in [1.165, 1.54) is 34.6 Å². The van der Waals surface area contributed by atoms with Crippen molar-refractivity contribution in [2.24, 2.45) is 0 Å². The van der Waals surface area contributed by atoms with E-state index in [9.17, 15) is 13.2 Å². The first-order chi connectivity index (χ1) is 8.96. The van der Waals surface area contributed by atoms with E-state index < -0.39 is 16.0 Å². The summed E-state index contributed by atoms with van der Waals surface area (Å²) in [4.78, 5) is 10.9. The van der Waals surface area contributed by atoms with E-state index in [1.807, 2.05) is 0 Å². The van der Waals surface area contributed by atoms with E-state index in [-0.39, 0.29) is 23.0 Å². The van der Waals surface area contributed by atoms with Gasteiger partial charge in [-0.2, -0.15) is 4.31 Å². The molecule has 0 aromatic heterocycles. The first kappa shape index (κ1) is 13.8. The molecule has 5 nitrogen and oxygen atoms in total. The molecule has 0 radical (unpaired) electrons. The number of carboxylic acids is 1. The molecule has 1 saturated carbocycles. The Morgan fingerprint density at radius 2 is 2.16 bits per heavy atom. The summed E-state index contributed by atoms with van der Waals surface area (Å²) in [5.41, 5.74) is -0.0320. The number of benzene rings is 1. The summed E-state index contributed by atoms with van der Waals surface area (Å²) >= 11 is 0. The molecule has 1 aromatic rings. The van der Waals surface area contributed by atoms with Crippen molar-refractivity contribution < 1.29 is 18.3 Å². The minimum absolute atomic E-state index is 0.0106. The minimum Gasteiger partial charge on any atom is -0.478 e. The molecule has 0 saturated heterocycles. The highest BCUT2D eigenvalue weighted by molar-refractivity contribution is 7.89. The number of carboxylic acid groups (broad SMARTS) is 1. The van der Waals surface area contributed by atoms with Crippen molar-refractivity contribution in [1.29, 1.82) is 0 Å². The second kappa shape index (κ2) is 5.14. The van der Waals surface area contributed by atoms with Crippen molar-refractivity contribution in [3.63, 3.8) is 0 Å². The van der Waals surface area contributed by atoms with Crippen LogP contribution < -0.4 is 0 Å². The Bertz CT molecular complexity index is 605. The summed E-state index contributed by atoms with van der Waals surface area (Å²) in [5.74, 6) is -1.14. The van der Waals surface area contributed by atoms with Gasteiger partial charge in [-0.25, -0.2) is 13.2 Å². The number of nitrogens with zero attached hydrogens (tertiary/aromatic N) is 1. The van der Waals surface area contributed by atoms with Crippen molar-refractivity contribution in [3.05, 3.63) is 42.5 Å². The van der Waals surface area contributed by atoms with E-state index >= 15 is 0 Å². The van der Waals surface area contributed by atoms with E-state index in [0.717, 1.165) is 12.8 Å². The minimum atomic E-state index is -3.66. The Hall–Kier alpha value is -1.66. The molecule has 0 unspecified atom stereocenters. The fourth-order valence-electron chi connectivity index (χ4n) is 1.86. The normalized spacial score (nSPS) is 15.4. The van der Waals surface area contributed by atoms with Crippen LogP contribution in [0.5, 0.6) is 0 Å². The maximum Gasteiger partial charge on any atom is 0.335 e. The SMILES string of the molecule is C=CCN(C1CC1)S(=O)(=O)c1cccc(C(=O)O)c1. The van der Waals surface area contributed by atoms with Gasteiger partial charge in [0.15, 0.2) is 0 Å². The second-order valence-corrected chi connectivity index (χ2v) is 6.32. The molecule has 1 N–H and O–H groups in total. The van der Waals surface area contributed by atoms with Crippen LogP contribution in [0, 0.1) is 0 Å². The topological polar surface area (TPSA) is 74.7 Å². The Morgan fingerprint density at radius 3 is 2.68 bits per heavy atom. The van der Waals surface area contributed by atoms with Crippen LogP contribution in [0.2, 0.25) is 0 Å². The first-order valence-electron chi connectivity index (χ1n) is 5.93. The van der Waals surface area contributed by atoms with Crippen molar-refractivity contribution >= 4 is 16.0 Å². The molecule has 0 atom stereocenters. The zero-order valence-corrected chi connectivity index (χ0v) is 11.1. The third kappa shape index (κ3) is 2.85. The average molecular weight is 281 g/mol. The number of sulfonamides is 1. The van der Waals surface area contributed by atoms with Gasteiger partial charge < -0.3 is 5.11 Å². The van der Waals surface area contributed by atoms with Crippen LogP contribution in [0.15, 0.2) is 41.8 Å². The van der Waals surface area contributed by atoms with Gasteiger partial charge in [0.25, 0.3) is 0 Å². The Labute approximate surface area is 112 Å². The predicted molar refractivity (Wildman–Crippen MR) is 70.5 cm³/mol. The Morgan fingerprint density at radius 1 is 1.47 bits per heavy atom. The molecular weight excluding hydrogens is 266 g/mol. The molecule has 1 aromatic carbocycles. The molecule has 1 aliphatic carbocycles. The number of aromatic carboxylic acids is 1. The van der Waals surface area contributed by atoms with Gasteiger partial charge in [-0.1, -0.05) is 12.1 Å². The maximum absolute atomic E-state index is 12.5. The van der Waals surface area contributed by atoms with Crippen LogP contribution in [0.4, 0.5) is 0 Å². The monoisotopic (exact) mass is 281 g/mol. The van der Waals surface area contributed by atoms with Gasteiger partial charge in [-0.15, -0.1) is 6.58 Å². The summed E-state index contributed by atoms with van der Waals surface area (Å²) in [6, 6.07) is 5.43. The molecule has 102 valence electrons. The highest BCUT2D eigenvalue weighted by Crippen LogP contribution is 2.32. The van der Waals surface area contributed by atoms with Crippen LogP contribution in [-0.2, 0) is 10.0 Å². The lowest BCUT2D eigenvalue weighted by molar-refractivity contribution is 0.0696. The summed E-state index contributed by atoms with van der Waals surface area (Å²) in [7, 11) is -3.66. The molecule has 0 spiro atoms. The van der Waals surface area contributed by atoms with E-state index in [1.54, 1.807) is 0 Å². The zero-order valence-electron chi connectivity index (χ0n) is 10.3. The van der Waals surface area contributed by atoms with Gasteiger partial charge in [0.2, 0.25) is 10.0 Å². The van der Waals surface area contributed by atoms with Crippen LogP contribution in [0.3, 0.4) is 0 Å². The van der Waals surface area contributed by atoms with Crippen molar-refractivity contribution in [2.75, 3.05) is 6.54 Å². The third-order valence-electron chi connectivity index (χ3n) is 2.95. The maximum atomic E-state index is 12.5. The Kier molecular flexibility index (Phi) is 3.73. The Balaban J connectivity index is 2.39. The molecule has 1 fully saturated rings. The standard InChI is InChI=1S/C13H15NO4S/c1-2-8-14(11-6-7-11)19(17,18)12-5-3-4-10(9-12)13(15)16/h2-5,9,11H,1,6-8H2,(H,15,16). The molecule has 1 aliphatic rings. The van der Waals surface area contributed by atoms with E-state index in [4.69, 9.17) is 5.11 Å². The number of carbonyl (C=O) groups is 1. The molecule has 0 heterocycles. The summed E-state index contributed by atoms with van der Waals surface area (Å²) < 4.78 is 26.3. The van der Waals surface area contributed by atoms with Gasteiger partial charge >= 0.3 is 5.97 Å². The van der Waals surface area contributed by atoms with Crippen molar-refractivity contribution in [3.8, 4) is 0 Å². The van der Waals surface area contributed by atoms with Gasteiger partial charge in [0, 0.05) is 12.6 Å². The summed E-state index contributed by atoms with van der Waals surface area (Å²) in [6.45, 7) is 3.80. The van der Waals surface area contributed by atoms with Gasteiger partial charge in [0.05, 0.1) is 10.5 Å².